The maximum Gasteiger partial charge on any atom is 0.353 e. The summed E-state index contributed by atoms with van der Waals surface area (Å²) in [6.07, 6.45) is 1.81. The van der Waals surface area contributed by atoms with Crippen molar-refractivity contribution in [3.63, 3.8) is 0 Å². The second-order valence-electron chi connectivity index (χ2n) is 10.2. The molecular weight excluding hydrogens is 482 g/mol. The van der Waals surface area contributed by atoms with Gasteiger partial charge in [0.15, 0.2) is 0 Å². The molecule has 36 heavy (non-hydrogen) atoms. The van der Waals surface area contributed by atoms with Crippen LogP contribution in [0.4, 0.5) is 5.82 Å². The van der Waals surface area contributed by atoms with E-state index in [0.29, 0.717) is 31.0 Å². The minimum atomic E-state index is -1.12. The molecule has 5 heterocycles. The van der Waals surface area contributed by atoms with E-state index in [1.807, 2.05) is 37.2 Å². The van der Waals surface area contributed by atoms with Gasteiger partial charge in [-0.25, -0.2) is 9.36 Å². The number of carboxylic acids is 1. The number of pyridine rings is 1. The average molecular weight is 517 g/mol. The normalized spacial score (nSPS) is 30.9. The van der Waals surface area contributed by atoms with Crippen LogP contribution in [-0.4, -0.2) is 94.0 Å². The van der Waals surface area contributed by atoms with Crippen LogP contribution in [0.5, 0.6) is 0 Å². The largest absolute Gasteiger partial charge is 0.477 e. The van der Waals surface area contributed by atoms with E-state index in [1.165, 1.54) is 16.7 Å². The third-order valence-corrected chi connectivity index (χ3v) is 9.45. The molecule has 0 radical (unpaired) electrons. The highest BCUT2D eigenvalue weighted by atomic mass is 32.2. The summed E-state index contributed by atoms with van der Waals surface area (Å²) < 4.78 is 2.08. The number of amides is 2. The average Bonchev–Trinajstić information content (AvgIpc) is 3.41. The van der Waals surface area contributed by atoms with Crippen molar-refractivity contribution >= 4 is 35.4 Å². The van der Waals surface area contributed by atoms with E-state index >= 15 is 0 Å². The Labute approximate surface area is 214 Å². The Morgan fingerprint density at radius 1 is 1.22 bits per heavy atom. The number of anilines is 1. The SMILES string of the molecule is C[C@@H](O)[C@H]1C(=O)N2C(C(=O)O)=C(S[C@@H]3CN[C@H](C(=O)N4CCN(c5cccc[n+]5C)CC4)C3)[C@H](C)[C@H]12. The van der Waals surface area contributed by atoms with Gasteiger partial charge in [0, 0.05) is 28.7 Å². The molecular formula is C25H34N5O5S+. The van der Waals surface area contributed by atoms with Crippen LogP contribution in [0, 0.1) is 11.8 Å². The maximum absolute atomic E-state index is 13.2. The summed E-state index contributed by atoms with van der Waals surface area (Å²) >= 11 is 1.47. The lowest BCUT2D eigenvalue weighted by Gasteiger charge is -2.46. The smallest absolute Gasteiger partial charge is 0.353 e. The van der Waals surface area contributed by atoms with E-state index in [2.05, 4.69) is 20.9 Å². The predicted molar refractivity (Wildman–Crippen MR) is 134 cm³/mol. The van der Waals surface area contributed by atoms with E-state index < -0.39 is 18.0 Å². The van der Waals surface area contributed by atoms with Crippen LogP contribution in [-0.2, 0) is 21.4 Å². The summed E-state index contributed by atoms with van der Waals surface area (Å²) in [5.74, 6) is -0.950. The van der Waals surface area contributed by atoms with Crippen LogP contribution < -0.4 is 14.8 Å². The van der Waals surface area contributed by atoms with Crippen molar-refractivity contribution in [2.75, 3.05) is 37.6 Å². The van der Waals surface area contributed by atoms with Gasteiger partial charge < -0.3 is 25.3 Å². The number of carboxylic acid groups (broad SMARTS) is 1. The number of aliphatic carboxylic acids is 1. The topological polar surface area (TPSA) is 117 Å². The Bertz CT molecular complexity index is 1100. The highest BCUT2D eigenvalue weighted by molar-refractivity contribution is 8.03. The fourth-order valence-electron chi connectivity index (χ4n) is 6.06. The Hall–Kier alpha value is -2.63. The zero-order chi connectivity index (χ0) is 25.7. The van der Waals surface area contributed by atoms with Crippen molar-refractivity contribution in [1.82, 2.24) is 15.1 Å². The number of hydrogen-bond donors (Lipinski definition) is 3. The van der Waals surface area contributed by atoms with Gasteiger partial charge in [-0.1, -0.05) is 13.0 Å². The number of piperazine rings is 1. The molecule has 4 aliphatic rings. The maximum atomic E-state index is 13.2. The summed E-state index contributed by atoms with van der Waals surface area (Å²) in [5.41, 5.74) is 0.0411. The van der Waals surface area contributed by atoms with Crippen LogP contribution in [0.1, 0.15) is 20.3 Å². The first-order valence-corrected chi connectivity index (χ1v) is 13.4. The Morgan fingerprint density at radius 2 is 1.94 bits per heavy atom. The van der Waals surface area contributed by atoms with Gasteiger partial charge in [0.1, 0.15) is 18.8 Å². The first-order chi connectivity index (χ1) is 17.2. The summed E-state index contributed by atoms with van der Waals surface area (Å²) in [6, 6.07) is 5.49. The molecule has 11 heteroatoms. The summed E-state index contributed by atoms with van der Waals surface area (Å²) in [7, 11) is 2.02. The second kappa shape index (κ2) is 9.68. The molecule has 0 aromatic carbocycles. The number of aliphatic hydroxyl groups excluding tert-OH is 1. The lowest BCUT2D eigenvalue weighted by molar-refractivity contribution is -0.659. The van der Waals surface area contributed by atoms with Gasteiger partial charge in [-0.15, -0.1) is 11.8 Å². The van der Waals surface area contributed by atoms with Gasteiger partial charge in [-0.2, -0.15) is 0 Å². The van der Waals surface area contributed by atoms with Crippen LogP contribution in [0.15, 0.2) is 35.0 Å². The number of rotatable bonds is 6. The quantitative estimate of drug-likeness (QED) is 0.351. The van der Waals surface area contributed by atoms with Gasteiger partial charge in [-0.3, -0.25) is 14.5 Å². The number of carbonyl (C=O) groups is 3. The monoisotopic (exact) mass is 516 g/mol. The molecule has 6 atom stereocenters. The molecule has 0 unspecified atom stereocenters. The molecule has 5 rings (SSSR count). The predicted octanol–water partition coefficient (Wildman–Crippen LogP) is -0.223. The summed E-state index contributed by atoms with van der Waals surface area (Å²) in [4.78, 5) is 44.1. The Morgan fingerprint density at radius 3 is 2.58 bits per heavy atom. The van der Waals surface area contributed by atoms with Crippen molar-refractivity contribution in [1.29, 1.82) is 0 Å². The third-order valence-electron chi connectivity index (χ3n) is 7.94. The van der Waals surface area contributed by atoms with Crippen molar-refractivity contribution in [3.05, 3.63) is 35.0 Å². The highest BCUT2D eigenvalue weighted by Crippen LogP contribution is 2.51. The number of fused-ring (bicyclic) bond motifs is 1. The van der Waals surface area contributed by atoms with Crippen LogP contribution in [0.3, 0.4) is 0 Å². The highest BCUT2D eigenvalue weighted by Gasteiger charge is 2.60. The van der Waals surface area contributed by atoms with E-state index in [-0.39, 0.29) is 40.8 Å². The summed E-state index contributed by atoms with van der Waals surface area (Å²) in [6.45, 7) is 6.97. The molecule has 4 aliphatic heterocycles. The molecule has 3 N–H and O–H groups in total. The molecule has 3 saturated heterocycles. The van der Waals surface area contributed by atoms with Crippen molar-refractivity contribution in [3.8, 4) is 0 Å². The molecule has 0 saturated carbocycles. The van der Waals surface area contributed by atoms with Crippen LogP contribution in [0.25, 0.3) is 0 Å². The first-order valence-electron chi connectivity index (χ1n) is 12.6. The first kappa shape index (κ1) is 25.0. The van der Waals surface area contributed by atoms with E-state index in [9.17, 15) is 24.6 Å². The lowest BCUT2D eigenvalue weighted by atomic mass is 9.79. The van der Waals surface area contributed by atoms with Gasteiger partial charge >= 0.3 is 5.97 Å². The standard InChI is InChI=1S/C25H33N5O5S/c1-14-20-19(15(2)31)24(33)30(20)21(25(34)35)22(14)36-16-12-17(26-13-16)23(32)29-10-8-28(9-11-29)18-6-4-5-7-27(18)3/h4-7,14-17,19-20,26,31H,8-13H2,1-3H3/p+1/t14-,15-,16+,17+,19-,20-/m1/s1. The minimum absolute atomic E-state index is 0.0363. The molecule has 0 spiro atoms. The number of carbonyl (C=O) groups excluding carboxylic acids is 2. The number of nitrogens with zero attached hydrogens (tertiary/aromatic N) is 4. The van der Waals surface area contributed by atoms with Crippen LogP contribution >= 0.6 is 11.8 Å². The molecule has 194 valence electrons. The molecule has 0 bridgehead atoms. The molecule has 10 nitrogen and oxygen atoms in total. The number of aryl methyl sites for hydroxylation is 1. The van der Waals surface area contributed by atoms with Gasteiger partial charge in [0.2, 0.25) is 11.8 Å². The zero-order valence-corrected chi connectivity index (χ0v) is 21.6. The number of nitrogens with one attached hydrogen (secondary N) is 1. The Balaban J connectivity index is 1.20. The molecule has 0 aliphatic carbocycles. The molecule has 1 aromatic heterocycles. The molecule has 1 aromatic rings. The van der Waals surface area contributed by atoms with Crippen molar-refractivity contribution in [2.45, 2.75) is 43.7 Å². The van der Waals surface area contributed by atoms with Gasteiger partial charge in [0.25, 0.3) is 5.82 Å². The fraction of sp³-hybridized carbons (Fsp3) is 0.600. The van der Waals surface area contributed by atoms with Gasteiger partial charge in [0.05, 0.1) is 50.4 Å². The minimum Gasteiger partial charge on any atom is -0.477 e. The summed E-state index contributed by atoms with van der Waals surface area (Å²) in [5, 5.41) is 23.3. The number of aliphatic hydroxyl groups is 1. The third kappa shape index (κ3) is 4.16. The molecule has 3 fully saturated rings. The zero-order valence-electron chi connectivity index (χ0n) is 20.8. The Kier molecular flexibility index (Phi) is 6.73. The van der Waals surface area contributed by atoms with Gasteiger partial charge in [-0.05, 0) is 19.4 Å². The van der Waals surface area contributed by atoms with Crippen molar-refractivity contribution in [2.24, 2.45) is 18.9 Å². The van der Waals surface area contributed by atoms with Crippen LogP contribution in [0.2, 0.25) is 0 Å². The molecule has 2 amide bonds. The van der Waals surface area contributed by atoms with E-state index in [0.717, 1.165) is 18.9 Å². The van der Waals surface area contributed by atoms with E-state index in [1.54, 1.807) is 6.92 Å². The second-order valence-corrected chi connectivity index (χ2v) is 11.5. The fourth-order valence-corrected chi connectivity index (χ4v) is 7.54. The van der Waals surface area contributed by atoms with Crippen molar-refractivity contribution < 1.29 is 29.2 Å². The number of β-lactam (4-membered cyclic amide) rings is 1. The number of aromatic nitrogens is 1. The number of thioether (sulfide) groups is 1. The number of hydrogen-bond acceptors (Lipinski definition) is 7. The van der Waals surface area contributed by atoms with E-state index in [4.69, 9.17) is 0 Å². The lowest BCUT2D eigenvalue weighted by Crippen LogP contribution is -2.63.